The van der Waals surface area contributed by atoms with E-state index in [1.807, 2.05) is 60.7 Å². The Morgan fingerprint density at radius 1 is 0.788 bits per heavy atom. The second-order valence-corrected chi connectivity index (χ2v) is 8.39. The number of esters is 2. The Balaban J connectivity index is 1.55. The molecule has 33 heavy (non-hydrogen) atoms. The first-order chi connectivity index (χ1) is 15.8. The van der Waals surface area contributed by atoms with Crippen molar-refractivity contribution in [2.45, 2.75) is 32.9 Å². The summed E-state index contributed by atoms with van der Waals surface area (Å²) in [5.74, 6) is -1.18. The van der Waals surface area contributed by atoms with Gasteiger partial charge in [0.05, 0.1) is 5.56 Å². The third-order valence-corrected chi connectivity index (χ3v) is 4.94. The number of hydrogen-bond acceptors (Lipinski definition) is 6. The third-order valence-electron chi connectivity index (χ3n) is 4.94. The summed E-state index contributed by atoms with van der Waals surface area (Å²) >= 11 is 0. The number of fused-ring (bicyclic) bond motifs is 1. The van der Waals surface area contributed by atoms with E-state index in [0.717, 1.165) is 16.3 Å². The Morgan fingerprint density at radius 3 is 2.18 bits per heavy atom. The fraction of sp³-hybridized carbons (Fsp3) is 0.269. The van der Waals surface area contributed by atoms with Crippen molar-refractivity contribution in [2.75, 3.05) is 13.3 Å². The molecule has 3 aromatic carbocycles. The van der Waals surface area contributed by atoms with Gasteiger partial charge in [0.25, 0.3) is 0 Å². The average molecular weight is 450 g/mol. The summed E-state index contributed by atoms with van der Waals surface area (Å²) in [6.45, 7) is 4.52. The lowest BCUT2D eigenvalue weighted by Gasteiger charge is -2.33. The second-order valence-electron chi connectivity index (χ2n) is 8.39. The van der Waals surface area contributed by atoms with E-state index >= 15 is 0 Å². The van der Waals surface area contributed by atoms with Crippen molar-refractivity contribution >= 4 is 28.8 Å². The van der Waals surface area contributed by atoms with Gasteiger partial charge in [-0.2, -0.15) is 0 Å². The van der Waals surface area contributed by atoms with E-state index in [-0.39, 0.29) is 13.2 Å². The van der Waals surface area contributed by atoms with Crippen LogP contribution in [0.5, 0.6) is 0 Å². The van der Waals surface area contributed by atoms with Crippen molar-refractivity contribution in [3.63, 3.8) is 0 Å². The van der Waals surface area contributed by atoms with E-state index in [9.17, 15) is 14.4 Å². The van der Waals surface area contributed by atoms with Gasteiger partial charge in [0.15, 0.2) is 0 Å². The molecule has 3 rings (SSSR count). The number of benzene rings is 3. The Morgan fingerprint density at radius 2 is 1.45 bits per heavy atom. The maximum absolute atomic E-state index is 12.6. The van der Waals surface area contributed by atoms with Crippen molar-refractivity contribution in [1.29, 1.82) is 0 Å². The molecule has 0 atom stereocenters. The van der Waals surface area contributed by atoms with Gasteiger partial charge >= 0.3 is 18.0 Å². The molecule has 0 saturated heterocycles. The number of amides is 1. The molecule has 0 fully saturated rings. The normalized spacial score (nSPS) is 11.0. The Hall–Kier alpha value is -3.87. The summed E-state index contributed by atoms with van der Waals surface area (Å²) in [7, 11) is 0. The minimum absolute atomic E-state index is 0.106. The van der Waals surface area contributed by atoms with E-state index in [4.69, 9.17) is 14.2 Å². The van der Waals surface area contributed by atoms with Crippen LogP contribution in [0, 0.1) is 0 Å². The van der Waals surface area contributed by atoms with E-state index in [2.05, 4.69) is 0 Å². The average Bonchev–Trinajstić information content (AvgIpc) is 2.80. The molecular weight excluding hydrogens is 422 g/mol. The topological polar surface area (TPSA) is 82.1 Å². The fourth-order valence-corrected chi connectivity index (χ4v) is 3.18. The minimum atomic E-state index is -0.787. The monoisotopic (exact) mass is 449 g/mol. The van der Waals surface area contributed by atoms with Crippen molar-refractivity contribution in [1.82, 2.24) is 4.90 Å². The van der Waals surface area contributed by atoms with Gasteiger partial charge in [0.2, 0.25) is 6.79 Å². The molecule has 7 heteroatoms. The van der Waals surface area contributed by atoms with Gasteiger partial charge in [-0.25, -0.2) is 9.59 Å². The van der Waals surface area contributed by atoms with Crippen LogP contribution >= 0.6 is 0 Å². The largest absolute Gasteiger partial charge is 0.459 e. The molecule has 0 heterocycles. The molecule has 0 bridgehead atoms. The summed E-state index contributed by atoms with van der Waals surface area (Å²) in [6, 6.07) is 22.0. The standard InChI is InChI=1S/C26H27NO6/c1-26(2,3)27(16-23(28)31-17-19-10-5-4-6-11-19)25(30)33-18-32-24(29)22-15-9-13-20-12-7-8-14-21(20)22/h4-15H,16-18H2,1-3H3. The van der Waals surface area contributed by atoms with Crippen LogP contribution in [0.25, 0.3) is 10.8 Å². The quantitative estimate of drug-likeness (QED) is 0.376. The van der Waals surface area contributed by atoms with E-state index in [0.29, 0.717) is 5.56 Å². The molecule has 0 aliphatic rings. The first-order valence-corrected chi connectivity index (χ1v) is 10.5. The first kappa shape index (κ1) is 23.8. The summed E-state index contributed by atoms with van der Waals surface area (Å²) in [5.41, 5.74) is 0.500. The van der Waals surface area contributed by atoms with Gasteiger partial charge in [0.1, 0.15) is 13.2 Å². The molecule has 1 amide bonds. The molecule has 3 aromatic rings. The van der Waals surface area contributed by atoms with Crippen molar-refractivity contribution in [2.24, 2.45) is 0 Å². The maximum Gasteiger partial charge on any atom is 0.413 e. The lowest BCUT2D eigenvalue weighted by molar-refractivity contribution is -0.147. The van der Waals surface area contributed by atoms with Gasteiger partial charge in [-0.15, -0.1) is 0 Å². The Labute approximate surface area is 192 Å². The van der Waals surface area contributed by atoms with Crippen LogP contribution in [0.2, 0.25) is 0 Å². The summed E-state index contributed by atoms with van der Waals surface area (Å²) < 4.78 is 15.6. The molecule has 0 saturated carbocycles. The lowest BCUT2D eigenvalue weighted by atomic mass is 10.1. The molecule has 0 aromatic heterocycles. The summed E-state index contributed by atoms with van der Waals surface area (Å²) in [4.78, 5) is 38.7. The molecule has 0 unspecified atom stereocenters. The van der Waals surface area contributed by atoms with Gasteiger partial charge in [0, 0.05) is 5.54 Å². The highest BCUT2D eigenvalue weighted by Crippen LogP contribution is 2.20. The third kappa shape index (κ3) is 6.55. The molecule has 172 valence electrons. The van der Waals surface area contributed by atoms with Crippen LogP contribution in [0.1, 0.15) is 36.7 Å². The summed E-state index contributed by atoms with van der Waals surface area (Å²) in [6.07, 6.45) is -0.787. The number of nitrogens with zero attached hydrogens (tertiary/aromatic N) is 1. The maximum atomic E-state index is 12.6. The number of hydrogen-bond donors (Lipinski definition) is 0. The van der Waals surface area contributed by atoms with Crippen LogP contribution in [0.3, 0.4) is 0 Å². The van der Waals surface area contributed by atoms with E-state index in [1.165, 1.54) is 4.90 Å². The number of rotatable bonds is 7. The molecular formula is C26H27NO6. The molecule has 0 radical (unpaired) electrons. The zero-order valence-electron chi connectivity index (χ0n) is 18.9. The SMILES string of the molecule is CC(C)(C)N(CC(=O)OCc1ccccc1)C(=O)OCOC(=O)c1cccc2ccccc12. The van der Waals surface area contributed by atoms with Crippen LogP contribution < -0.4 is 0 Å². The molecule has 0 N–H and O–H groups in total. The molecule has 0 aliphatic carbocycles. The van der Waals surface area contributed by atoms with Crippen molar-refractivity contribution < 1.29 is 28.6 Å². The van der Waals surface area contributed by atoms with E-state index < -0.39 is 30.4 Å². The number of ether oxygens (including phenoxy) is 3. The van der Waals surface area contributed by atoms with Gasteiger partial charge in [-0.1, -0.05) is 66.7 Å². The smallest absolute Gasteiger partial charge is 0.413 e. The molecule has 0 spiro atoms. The highest BCUT2D eigenvalue weighted by Gasteiger charge is 2.30. The molecule has 0 aliphatic heterocycles. The van der Waals surface area contributed by atoms with Gasteiger partial charge in [-0.3, -0.25) is 9.69 Å². The zero-order chi connectivity index (χ0) is 23.8. The van der Waals surface area contributed by atoms with Gasteiger partial charge in [-0.05, 0) is 43.2 Å². The van der Waals surface area contributed by atoms with Crippen LogP contribution in [0.15, 0.2) is 72.8 Å². The second kappa shape index (κ2) is 10.6. The highest BCUT2D eigenvalue weighted by molar-refractivity contribution is 6.04. The van der Waals surface area contributed by atoms with Crippen molar-refractivity contribution in [3.05, 3.63) is 83.9 Å². The summed E-state index contributed by atoms with van der Waals surface area (Å²) in [5, 5.41) is 1.64. The Bertz CT molecular complexity index is 1120. The van der Waals surface area contributed by atoms with Gasteiger partial charge < -0.3 is 14.2 Å². The Kier molecular flexibility index (Phi) is 7.66. The predicted octanol–water partition coefficient (Wildman–Crippen LogP) is 4.93. The first-order valence-electron chi connectivity index (χ1n) is 10.5. The minimum Gasteiger partial charge on any atom is -0.459 e. The predicted molar refractivity (Wildman–Crippen MR) is 123 cm³/mol. The lowest BCUT2D eigenvalue weighted by Crippen LogP contribution is -2.49. The fourth-order valence-electron chi connectivity index (χ4n) is 3.18. The zero-order valence-corrected chi connectivity index (χ0v) is 18.9. The van der Waals surface area contributed by atoms with Crippen LogP contribution in [-0.2, 0) is 25.6 Å². The number of carbonyl (C=O) groups excluding carboxylic acids is 3. The molecule has 7 nitrogen and oxygen atoms in total. The van der Waals surface area contributed by atoms with Crippen LogP contribution in [-0.4, -0.2) is 41.8 Å². The van der Waals surface area contributed by atoms with E-state index in [1.54, 1.807) is 32.9 Å². The number of carbonyl (C=O) groups is 3. The highest BCUT2D eigenvalue weighted by atomic mass is 16.7. The van der Waals surface area contributed by atoms with Crippen molar-refractivity contribution in [3.8, 4) is 0 Å². The van der Waals surface area contributed by atoms with Crippen LogP contribution in [0.4, 0.5) is 4.79 Å².